The maximum atomic E-state index is 11.2. The number of fused-ring (bicyclic) bond motifs is 1. The summed E-state index contributed by atoms with van der Waals surface area (Å²) in [4.78, 5) is 18.4. The van der Waals surface area contributed by atoms with Crippen molar-refractivity contribution in [3.05, 3.63) is 18.2 Å². The fourth-order valence-corrected chi connectivity index (χ4v) is 1.57. The Balaban J connectivity index is 2.19. The van der Waals surface area contributed by atoms with Crippen molar-refractivity contribution in [2.75, 3.05) is 18.5 Å². The molecule has 1 heterocycles. The van der Waals surface area contributed by atoms with E-state index < -0.39 is 6.09 Å². The molecule has 0 spiro atoms. The lowest BCUT2D eigenvalue weighted by atomic mass is 10.3. The Morgan fingerprint density at radius 2 is 2.22 bits per heavy atom. The highest BCUT2D eigenvalue weighted by Gasteiger charge is 2.07. The Labute approximate surface area is 104 Å². The summed E-state index contributed by atoms with van der Waals surface area (Å²) < 4.78 is 10.2. The molecule has 0 aliphatic rings. The molecule has 1 aromatic carbocycles. The molecule has 0 radical (unpaired) electrons. The smallest absolute Gasteiger partial charge is 0.413 e. The van der Waals surface area contributed by atoms with Crippen LogP contribution < -0.4 is 10.1 Å². The molecule has 6 heteroatoms. The third kappa shape index (κ3) is 2.71. The minimum atomic E-state index is -0.526. The average Bonchev–Trinajstić information content (AvgIpc) is 2.71. The molecule has 2 N–H and O–H groups in total. The van der Waals surface area contributed by atoms with E-state index in [2.05, 4.69) is 15.3 Å². The molecule has 2 rings (SSSR count). The van der Waals surface area contributed by atoms with E-state index in [1.54, 1.807) is 6.92 Å². The number of aromatic amines is 1. The highest BCUT2D eigenvalue weighted by Crippen LogP contribution is 2.20. The van der Waals surface area contributed by atoms with Gasteiger partial charge in [0.05, 0.1) is 24.2 Å². The summed E-state index contributed by atoms with van der Waals surface area (Å²) in [6, 6.07) is 5.50. The van der Waals surface area contributed by atoms with Crippen LogP contribution >= 0.6 is 0 Å². The molecule has 1 aromatic heterocycles. The maximum Gasteiger partial charge on any atom is 0.413 e. The fraction of sp³-hybridized carbons (Fsp3) is 0.333. The van der Waals surface area contributed by atoms with Crippen LogP contribution in [0.4, 0.5) is 10.7 Å². The minimum Gasteiger partial charge on any atom is -0.494 e. The summed E-state index contributed by atoms with van der Waals surface area (Å²) in [5.41, 5.74) is 1.55. The van der Waals surface area contributed by atoms with Gasteiger partial charge in [-0.05, 0) is 26.0 Å². The normalized spacial score (nSPS) is 10.3. The summed E-state index contributed by atoms with van der Waals surface area (Å²) >= 11 is 0. The summed E-state index contributed by atoms with van der Waals surface area (Å²) in [6.07, 6.45) is -0.526. The number of hydrogen-bond donors (Lipinski definition) is 2. The lowest BCUT2D eigenvalue weighted by Gasteiger charge is -2.01. The number of carbonyl (C=O) groups excluding carboxylic acids is 1. The van der Waals surface area contributed by atoms with Gasteiger partial charge in [0.1, 0.15) is 5.75 Å². The van der Waals surface area contributed by atoms with E-state index in [0.29, 0.717) is 19.2 Å². The van der Waals surface area contributed by atoms with E-state index in [0.717, 1.165) is 16.8 Å². The van der Waals surface area contributed by atoms with Crippen LogP contribution in [0.1, 0.15) is 13.8 Å². The van der Waals surface area contributed by atoms with Crippen molar-refractivity contribution in [3.8, 4) is 5.75 Å². The number of ether oxygens (including phenoxy) is 2. The molecule has 0 unspecified atom stereocenters. The van der Waals surface area contributed by atoms with Gasteiger partial charge in [0, 0.05) is 6.07 Å². The van der Waals surface area contributed by atoms with E-state index >= 15 is 0 Å². The molecule has 2 aromatic rings. The van der Waals surface area contributed by atoms with E-state index in [9.17, 15) is 4.79 Å². The van der Waals surface area contributed by atoms with E-state index in [4.69, 9.17) is 9.47 Å². The average molecular weight is 249 g/mol. The molecule has 1 amide bonds. The Bertz CT molecular complexity index is 550. The highest BCUT2D eigenvalue weighted by atomic mass is 16.5. The lowest BCUT2D eigenvalue weighted by molar-refractivity contribution is 0.167. The monoisotopic (exact) mass is 249 g/mol. The number of anilines is 1. The van der Waals surface area contributed by atoms with Crippen molar-refractivity contribution in [1.29, 1.82) is 0 Å². The molecule has 0 saturated heterocycles. The molecule has 0 bridgehead atoms. The first-order valence-corrected chi connectivity index (χ1v) is 5.79. The van der Waals surface area contributed by atoms with Crippen molar-refractivity contribution < 1.29 is 14.3 Å². The van der Waals surface area contributed by atoms with Crippen LogP contribution in [0.3, 0.4) is 0 Å². The second kappa shape index (κ2) is 5.39. The number of nitrogens with one attached hydrogen (secondary N) is 2. The molecule has 0 saturated carbocycles. The number of nitrogens with zero attached hydrogens (tertiary/aromatic N) is 1. The topological polar surface area (TPSA) is 76.2 Å². The quantitative estimate of drug-likeness (QED) is 0.873. The van der Waals surface area contributed by atoms with Crippen LogP contribution in [0.15, 0.2) is 18.2 Å². The SMILES string of the molecule is CCOC(=O)Nc1nc2ccc(OCC)cc2[nH]1. The van der Waals surface area contributed by atoms with Gasteiger partial charge in [-0.3, -0.25) is 5.32 Å². The maximum absolute atomic E-state index is 11.2. The van der Waals surface area contributed by atoms with Crippen molar-refractivity contribution in [2.45, 2.75) is 13.8 Å². The number of H-pyrrole nitrogens is 1. The van der Waals surface area contributed by atoms with Gasteiger partial charge in [-0.15, -0.1) is 0 Å². The number of imidazole rings is 1. The molecule has 18 heavy (non-hydrogen) atoms. The Hall–Kier alpha value is -2.24. The minimum absolute atomic E-state index is 0.320. The second-order valence-electron chi connectivity index (χ2n) is 3.54. The van der Waals surface area contributed by atoms with Gasteiger partial charge in [-0.2, -0.15) is 0 Å². The predicted molar refractivity (Wildman–Crippen MR) is 67.9 cm³/mol. The molecular formula is C12H15N3O3. The second-order valence-corrected chi connectivity index (χ2v) is 3.54. The Morgan fingerprint density at radius 1 is 1.39 bits per heavy atom. The molecule has 0 aliphatic heterocycles. The molecular weight excluding hydrogens is 234 g/mol. The summed E-state index contributed by atoms with van der Waals surface area (Å²) in [5, 5.41) is 2.52. The molecule has 6 nitrogen and oxygen atoms in total. The third-order valence-electron chi connectivity index (χ3n) is 2.26. The first kappa shape index (κ1) is 12.2. The first-order valence-electron chi connectivity index (χ1n) is 5.79. The number of carbonyl (C=O) groups is 1. The van der Waals surface area contributed by atoms with Crippen molar-refractivity contribution in [1.82, 2.24) is 9.97 Å². The van der Waals surface area contributed by atoms with Gasteiger partial charge in [-0.1, -0.05) is 0 Å². The Kier molecular flexibility index (Phi) is 3.66. The summed E-state index contributed by atoms with van der Waals surface area (Å²) in [7, 11) is 0. The molecule has 96 valence electrons. The molecule has 0 aliphatic carbocycles. The van der Waals surface area contributed by atoms with Crippen molar-refractivity contribution in [3.63, 3.8) is 0 Å². The van der Waals surface area contributed by atoms with Gasteiger partial charge in [0.2, 0.25) is 5.95 Å². The van der Waals surface area contributed by atoms with Crippen LogP contribution in [0.2, 0.25) is 0 Å². The number of rotatable bonds is 4. The lowest BCUT2D eigenvalue weighted by Crippen LogP contribution is -2.14. The zero-order valence-corrected chi connectivity index (χ0v) is 10.3. The number of benzene rings is 1. The van der Waals surface area contributed by atoms with E-state index in [1.165, 1.54) is 0 Å². The van der Waals surface area contributed by atoms with E-state index in [1.807, 2.05) is 25.1 Å². The molecule has 0 atom stereocenters. The Morgan fingerprint density at radius 3 is 2.94 bits per heavy atom. The summed E-state index contributed by atoms with van der Waals surface area (Å²) in [5.74, 6) is 1.12. The number of hydrogen-bond acceptors (Lipinski definition) is 4. The number of aromatic nitrogens is 2. The van der Waals surface area contributed by atoms with Crippen LogP contribution in [-0.2, 0) is 4.74 Å². The van der Waals surface area contributed by atoms with Crippen LogP contribution in [-0.4, -0.2) is 29.3 Å². The third-order valence-corrected chi connectivity index (χ3v) is 2.26. The van der Waals surface area contributed by atoms with Crippen molar-refractivity contribution >= 4 is 23.1 Å². The summed E-state index contributed by atoms with van der Waals surface area (Å²) in [6.45, 7) is 4.59. The van der Waals surface area contributed by atoms with Gasteiger partial charge in [0.25, 0.3) is 0 Å². The van der Waals surface area contributed by atoms with Crippen LogP contribution in [0.5, 0.6) is 5.75 Å². The standard InChI is InChI=1S/C12H15N3O3/c1-3-17-8-5-6-9-10(7-8)14-11(13-9)15-12(16)18-4-2/h5-7H,3-4H2,1-2H3,(H2,13,14,15,16). The van der Waals surface area contributed by atoms with Gasteiger partial charge in [0.15, 0.2) is 0 Å². The first-order chi connectivity index (χ1) is 8.72. The predicted octanol–water partition coefficient (Wildman–Crippen LogP) is 2.53. The van der Waals surface area contributed by atoms with Crippen LogP contribution in [0.25, 0.3) is 11.0 Å². The molecule has 0 fully saturated rings. The zero-order valence-electron chi connectivity index (χ0n) is 10.3. The zero-order chi connectivity index (χ0) is 13.0. The van der Waals surface area contributed by atoms with Crippen molar-refractivity contribution in [2.24, 2.45) is 0 Å². The van der Waals surface area contributed by atoms with Gasteiger partial charge < -0.3 is 14.5 Å². The van der Waals surface area contributed by atoms with Crippen LogP contribution in [0, 0.1) is 0 Å². The van der Waals surface area contributed by atoms with E-state index in [-0.39, 0.29) is 0 Å². The number of amides is 1. The largest absolute Gasteiger partial charge is 0.494 e. The van der Waals surface area contributed by atoms with Gasteiger partial charge >= 0.3 is 6.09 Å². The highest BCUT2D eigenvalue weighted by molar-refractivity contribution is 5.86. The van der Waals surface area contributed by atoms with Gasteiger partial charge in [-0.25, -0.2) is 9.78 Å². The fourth-order valence-electron chi connectivity index (χ4n) is 1.57.